The molecule has 2 N–H and O–H groups in total. The van der Waals surface area contributed by atoms with Gasteiger partial charge < -0.3 is 18.1 Å². The van der Waals surface area contributed by atoms with Crippen LogP contribution in [-0.2, 0) is 29.5 Å². The van der Waals surface area contributed by atoms with Crippen molar-refractivity contribution in [2.45, 2.75) is 44.7 Å². The van der Waals surface area contributed by atoms with E-state index in [-0.39, 0.29) is 36.8 Å². The fourth-order valence-corrected chi connectivity index (χ4v) is 4.98. The number of rotatable bonds is 7. The summed E-state index contributed by atoms with van der Waals surface area (Å²) in [5.41, 5.74) is 11.2. The fourth-order valence-electron chi connectivity index (χ4n) is 3.75. The molecule has 0 aromatic heterocycles. The summed E-state index contributed by atoms with van der Waals surface area (Å²) in [6.45, 7) is 8.45. The van der Waals surface area contributed by atoms with Crippen LogP contribution in [0.2, 0.25) is 0 Å². The topological polar surface area (TPSA) is 70.0 Å². The van der Waals surface area contributed by atoms with Gasteiger partial charge in [-0.3, -0.25) is 0 Å². The van der Waals surface area contributed by atoms with Crippen molar-refractivity contribution < 1.29 is 40.3 Å². The smallest absolute Gasteiger partial charge is 1.00 e. The molecule has 0 spiro atoms. The Morgan fingerprint density at radius 1 is 0.711 bits per heavy atom. The molecule has 7 heteroatoms. The van der Waals surface area contributed by atoms with Crippen LogP contribution in [0, 0.1) is 50.4 Å². The van der Waals surface area contributed by atoms with Gasteiger partial charge in [0.05, 0.1) is 4.90 Å². The molecule has 0 bridgehead atoms. The third-order valence-electron chi connectivity index (χ3n) is 6.01. The van der Waals surface area contributed by atoms with Gasteiger partial charge in [-0.2, -0.15) is 0 Å². The van der Waals surface area contributed by atoms with Crippen molar-refractivity contribution in [3.05, 3.63) is 145 Å². The number of aryl methyl sites for hydroxylation is 1. The minimum absolute atomic E-state index is 0. The first kappa shape index (κ1) is 34.5. The summed E-state index contributed by atoms with van der Waals surface area (Å²) >= 11 is 0. The summed E-state index contributed by atoms with van der Waals surface area (Å²) in [5, 5.41) is 0. The first-order valence-electron chi connectivity index (χ1n) is 12.1. The van der Waals surface area contributed by atoms with E-state index in [1.165, 1.54) is 11.8 Å². The maximum atomic E-state index is 12.9. The predicted octanol–water partition coefficient (Wildman–Crippen LogP) is 4.45. The van der Waals surface area contributed by atoms with Gasteiger partial charge >= 0.3 is 19.5 Å². The van der Waals surface area contributed by atoms with Crippen LogP contribution < -0.4 is 17.1 Å². The van der Waals surface area contributed by atoms with Crippen LogP contribution in [0.1, 0.15) is 49.5 Å². The molecule has 3 aromatic carbocycles. The third-order valence-corrected chi connectivity index (χ3v) is 7.47. The number of sulfonamides is 1. The van der Waals surface area contributed by atoms with Crippen molar-refractivity contribution in [3.8, 4) is 0 Å². The van der Waals surface area contributed by atoms with E-state index in [0.29, 0.717) is 5.92 Å². The molecule has 1 aliphatic carbocycles. The molecule has 4 nitrogen and oxygen atoms in total. The quantitative estimate of drug-likeness (QED) is 0.390. The normalized spacial score (nSPS) is 15.8. The summed E-state index contributed by atoms with van der Waals surface area (Å²) < 4.78 is 28.5. The molecule has 1 fully saturated rings. The molecule has 2 atom stereocenters. The van der Waals surface area contributed by atoms with Gasteiger partial charge in [0.2, 0.25) is 10.0 Å². The average molecular weight is 636 g/mol. The molecule has 0 aliphatic heterocycles. The van der Waals surface area contributed by atoms with E-state index in [1.807, 2.05) is 67.6 Å². The van der Waals surface area contributed by atoms with Crippen LogP contribution in [0.25, 0.3) is 5.73 Å². The van der Waals surface area contributed by atoms with Gasteiger partial charge in [0, 0.05) is 6.04 Å². The molecule has 1 aliphatic rings. The summed E-state index contributed by atoms with van der Waals surface area (Å²) in [7, 11) is -3.75. The molecule has 4 rings (SSSR count). The second kappa shape index (κ2) is 16.5. The van der Waals surface area contributed by atoms with Gasteiger partial charge in [-0.25, -0.2) is 13.1 Å². The number of hydrogen-bond acceptors (Lipinski definition) is 2. The summed E-state index contributed by atoms with van der Waals surface area (Å²) in [4.78, 5) is 0.198. The van der Waals surface area contributed by atoms with Crippen molar-refractivity contribution in [2.24, 2.45) is 5.92 Å². The summed E-state index contributed by atoms with van der Waals surface area (Å²) in [6, 6.07) is 23.8. The van der Waals surface area contributed by atoms with Crippen LogP contribution in [0.3, 0.4) is 0 Å². The first-order chi connectivity index (χ1) is 17.2. The van der Waals surface area contributed by atoms with E-state index in [0.717, 1.165) is 16.7 Å². The molecule has 38 heavy (non-hydrogen) atoms. The zero-order chi connectivity index (χ0) is 26.1. The third kappa shape index (κ3) is 10.2. The van der Waals surface area contributed by atoms with E-state index < -0.39 is 22.1 Å². The van der Waals surface area contributed by atoms with E-state index in [9.17, 15) is 8.42 Å². The Labute approximate surface area is 249 Å². The Bertz CT molecular complexity index is 1150. The van der Waals surface area contributed by atoms with Crippen LogP contribution in [0.4, 0.5) is 0 Å². The molecule has 3 aromatic rings. The Hall–Kier alpha value is -1.56. The van der Waals surface area contributed by atoms with Crippen LogP contribution in [0.5, 0.6) is 0 Å². The molecule has 0 heterocycles. The largest absolute Gasteiger partial charge is 2.00 e. The van der Waals surface area contributed by atoms with Crippen molar-refractivity contribution in [1.29, 1.82) is 0 Å². The maximum absolute atomic E-state index is 12.9. The van der Waals surface area contributed by atoms with Crippen LogP contribution in [0.15, 0.2) is 89.8 Å². The Kier molecular flexibility index (Phi) is 15.0. The summed E-state index contributed by atoms with van der Waals surface area (Å²) in [5.74, 6) is 3.41. The predicted molar refractivity (Wildman–Crippen MR) is 148 cm³/mol. The standard InChI is InChI=1S/C21H21N2O2S.C10H14.ClH.Ru/c1-16-12-14-19(15-13-16)26(24,25)23-21(18-10-6-3-7-11-18)20(22)17-8-4-2-5-9-17;1-8(2)10-6-4-9(3)5-7-10;;/h2-15,20-23H,1H3;4-8H,1-3H3;1H;/q-1;;;+2/p-1. The van der Waals surface area contributed by atoms with E-state index in [2.05, 4.69) is 51.2 Å². The van der Waals surface area contributed by atoms with Crippen molar-refractivity contribution in [3.63, 3.8) is 0 Å². The molecule has 1 saturated carbocycles. The molecule has 2 unspecified atom stereocenters. The minimum atomic E-state index is -3.75. The average Bonchev–Trinajstić information content (AvgIpc) is 2.89. The maximum Gasteiger partial charge on any atom is 2.00 e. The van der Waals surface area contributed by atoms with Gasteiger partial charge in [0.1, 0.15) is 0 Å². The van der Waals surface area contributed by atoms with Crippen LogP contribution in [-0.4, -0.2) is 8.42 Å². The Morgan fingerprint density at radius 3 is 1.66 bits per heavy atom. The molecule has 0 saturated heterocycles. The number of nitrogens with one attached hydrogen (secondary N) is 2. The second-order valence-corrected chi connectivity index (χ2v) is 11.0. The monoisotopic (exact) mass is 636 g/mol. The SMILES string of the molecule is C[C]1[CH][CH][C](C(C)C)[CH][CH]1.Cc1ccc(S(=O)(=O)NC(c2ccccc2)C([NH-])c2ccccc2)cc1.[Cl-].[Ru+2]. The molecule has 6 radical (unpaired) electrons. The van der Waals surface area contributed by atoms with Gasteiger partial charge in [0.25, 0.3) is 0 Å². The minimum Gasteiger partial charge on any atom is -1.00 e. The zero-order valence-electron chi connectivity index (χ0n) is 22.1. The Balaban J connectivity index is 0.000000511. The number of halogens is 1. The van der Waals surface area contributed by atoms with Crippen molar-refractivity contribution >= 4 is 10.0 Å². The van der Waals surface area contributed by atoms with Gasteiger partial charge in [0.15, 0.2) is 0 Å². The number of hydrogen-bond donors (Lipinski definition) is 1. The zero-order valence-corrected chi connectivity index (χ0v) is 25.4. The molecular weight excluding hydrogens is 601 g/mol. The molecule has 202 valence electrons. The van der Waals surface area contributed by atoms with Gasteiger partial charge in [-0.05, 0) is 68.1 Å². The molecular formula is C31H35ClN2O2RuS. The van der Waals surface area contributed by atoms with Gasteiger partial charge in [-0.15, -0.1) is 0 Å². The van der Waals surface area contributed by atoms with Gasteiger partial charge in [-0.1, -0.05) is 111 Å². The second-order valence-electron chi connectivity index (χ2n) is 9.28. The summed E-state index contributed by atoms with van der Waals surface area (Å²) in [6.07, 6.45) is 8.71. The van der Waals surface area contributed by atoms with Crippen LogP contribution >= 0.6 is 0 Å². The van der Waals surface area contributed by atoms with E-state index in [1.54, 1.807) is 24.3 Å². The van der Waals surface area contributed by atoms with E-state index >= 15 is 0 Å². The fraction of sp³-hybridized carbons (Fsp3) is 0.226. The molecule has 0 amide bonds. The first-order valence-corrected chi connectivity index (χ1v) is 13.6. The Morgan fingerprint density at radius 2 is 1.18 bits per heavy atom. The number of benzene rings is 3. The van der Waals surface area contributed by atoms with Crippen molar-refractivity contribution in [1.82, 2.24) is 4.72 Å². The van der Waals surface area contributed by atoms with E-state index in [4.69, 9.17) is 5.73 Å². The van der Waals surface area contributed by atoms with Crippen molar-refractivity contribution in [2.75, 3.05) is 0 Å².